The second kappa shape index (κ2) is 27.1. The fourth-order valence-electron chi connectivity index (χ4n) is 5.11. The number of carbonyl (C=O) groups excluding carboxylic acids is 7. The van der Waals surface area contributed by atoms with Crippen molar-refractivity contribution >= 4 is 59.2 Å². The van der Waals surface area contributed by atoms with Crippen molar-refractivity contribution in [1.82, 2.24) is 37.2 Å². The van der Waals surface area contributed by atoms with E-state index >= 15 is 0 Å². The smallest absolute Gasteiger partial charge is 0.326 e. The monoisotopic (exact) mass is 845 g/mol. The molecule has 0 bridgehead atoms. The lowest BCUT2D eigenvalue weighted by Gasteiger charge is -2.27. The summed E-state index contributed by atoms with van der Waals surface area (Å²) in [5.41, 5.74) is 16.4. The molecule has 0 aromatic carbocycles. The molecule has 0 radical (unpaired) electrons. The van der Waals surface area contributed by atoms with Crippen molar-refractivity contribution in [2.45, 2.75) is 129 Å². The van der Waals surface area contributed by atoms with E-state index in [1.54, 1.807) is 20.8 Å². The highest BCUT2D eigenvalue weighted by molar-refractivity contribution is 5.96. The van der Waals surface area contributed by atoms with Crippen LogP contribution in [0.1, 0.15) is 80.1 Å². The van der Waals surface area contributed by atoms with Gasteiger partial charge >= 0.3 is 11.9 Å². The Balaban J connectivity index is 5.57. The molecule has 0 heterocycles. The molecule has 0 aliphatic carbocycles. The van der Waals surface area contributed by atoms with Gasteiger partial charge in [-0.3, -0.25) is 43.3 Å². The summed E-state index contributed by atoms with van der Waals surface area (Å²) in [6.07, 6.45) is -2.95. The van der Waals surface area contributed by atoms with Gasteiger partial charge in [0.1, 0.15) is 30.2 Å². The number of aliphatic hydroxyl groups excluding tert-OH is 2. The van der Waals surface area contributed by atoms with Gasteiger partial charge < -0.3 is 74.8 Å². The topological polar surface area (TPSA) is 409 Å². The summed E-state index contributed by atoms with van der Waals surface area (Å²) in [5.74, 6) is -10.1. The van der Waals surface area contributed by atoms with Gasteiger partial charge in [-0.1, -0.05) is 40.5 Å². The molecule has 17 N–H and O–H groups in total. The van der Waals surface area contributed by atoms with Crippen LogP contribution in [0, 0.1) is 11.8 Å². The molecular weight excluding hydrogens is 782 g/mol. The Labute approximate surface area is 342 Å². The second-order valence-electron chi connectivity index (χ2n) is 14.1. The molecule has 0 aromatic rings. The molecule has 0 aliphatic rings. The highest BCUT2D eigenvalue weighted by Crippen LogP contribution is 2.09. The highest BCUT2D eigenvalue weighted by atomic mass is 16.4. The van der Waals surface area contributed by atoms with Crippen LogP contribution in [0.5, 0.6) is 0 Å². The molecule has 336 valence electrons. The van der Waals surface area contributed by atoms with E-state index in [9.17, 15) is 58.5 Å². The van der Waals surface area contributed by atoms with Crippen LogP contribution in [0.2, 0.25) is 0 Å². The van der Waals surface area contributed by atoms with E-state index in [1.165, 1.54) is 0 Å². The zero-order chi connectivity index (χ0) is 45.6. The first kappa shape index (κ1) is 53.4. The van der Waals surface area contributed by atoms with Crippen molar-refractivity contribution in [2.75, 3.05) is 19.6 Å². The third-order valence-corrected chi connectivity index (χ3v) is 9.20. The van der Waals surface area contributed by atoms with Crippen molar-refractivity contribution in [3.63, 3.8) is 0 Å². The van der Waals surface area contributed by atoms with Crippen LogP contribution in [0.3, 0.4) is 0 Å². The summed E-state index contributed by atoms with van der Waals surface area (Å²) in [6.45, 7) is 7.78. The van der Waals surface area contributed by atoms with Gasteiger partial charge in [0, 0.05) is 13.0 Å². The second-order valence-corrected chi connectivity index (χ2v) is 14.1. The maximum Gasteiger partial charge on any atom is 0.326 e. The van der Waals surface area contributed by atoms with Crippen LogP contribution in [0.25, 0.3) is 0 Å². The maximum atomic E-state index is 13.2. The summed E-state index contributed by atoms with van der Waals surface area (Å²) >= 11 is 0. The van der Waals surface area contributed by atoms with E-state index < -0.39 is 127 Å². The molecule has 0 fully saturated rings. The number of carbonyl (C=O) groups is 9. The van der Waals surface area contributed by atoms with Crippen LogP contribution in [0.15, 0.2) is 4.99 Å². The number of rotatable bonds is 28. The molecule has 10 atom stereocenters. The molecular formula is C35H63N11O13. The minimum absolute atomic E-state index is 0.0683. The Morgan fingerprint density at radius 1 is 0.593 bits per heavy atom. The number of aliphatic imine (C=N–C) groups is 1. The van der Waals surface area contributed by atoms with Gasteiger partial charge in [0.15, 0.2) is 5.96 Å². The minimum atomic E-state index is -1.73. The fourth-order valence-corrected chi connectivity index (χ4v) is 5.11. The third-order valence-electron chi connectivity index (χ3n) is 9.20. The van der Waals surface area contributed by atoms with Gasteiger partial charge in [-0.25, -0.2) is 4.79 Å². The third kappa shape index (κ3) is 20.6. The Morgan fingerprint density at radius 3 is 1.54 bits per heavy atom. The first-order chi connectivity index (χ1) is 27.5. The van der Waals surface area contributed by atoms with Crippen LogP contribution in [-0.4, -0.2) is 148 Å². The number of carboxylic acids is 2. The van der Waals surface area contributed by atoms with Crippen LogP contribution in [0.4, 0.5) is 0 Å². The largest absolute Gasteiger partial charge is 0.481 e. The van der Waals surface area contributed by atoms with Gasteiger partial charge in [0.25, 0.3) is 0 Å². The van der Waals surface area contributed by atoms with Crippen LogP contribution in [-0.2, 0) is 43.2 Å². The molecule has 24 nitrogen and oxygen atoms in total. The molecule has 24 heteroatoms. The summed E-state index contributed by atoms with van der Waals surface area (Å²) in [7, 11) is 0. The Hall–Kier alpha value is -5.62. The van der Waals surface area contributed by atoms with Crippen molar-refractivity contribution in [3.05, 3.63) is 0 Å². The van der Waals surface area contributed by atoms with E-state index in [2.05, 4.69) is 42.2 Å². The number of amides is 7. The number of nitrogens with two attached hydrogens (primary N) is 3. The van der Waals surface area contributed by atoms with Crippen molar-refractivity contribution in [3.8, 4) is 0 Å². The summed E-state index contributed by atoms with van der Waals surface area (Å²) in [6, 6.07) is -8.46. The van der Waals surface area contributed by atoms with E-state index in [1.807, 2.05) is 6.92 Å². The van der Waals surface area contributed by atoms with Gasteiger partial charge in [-0.15, -0.1) is 0 Å². The summed E-state index contributed by atoms with van der Waals surface area (Å²) in [4.78, 5) is 117. The van der Waals surface area contributed by atoms with Gasteiger partial charge in [-0.2, -0.15) is 0 Å². The van der Waals surface area contributed by atoms with E-state index in [0.29, 0.717) is 12.8 Å². The van der Waals surface area contributed by atoms with Crippen LogP contribution < -0.4 is 54.4 Å². The first-order valence-corrected chi connectivity index (χ1v) is 19.1. The normalized spacial score (nSPS) is 16.0. The molecule has 0 spiro atoms. The predicted octanol–water partition coefficient (Wildman–Crippen LogP) is -5.17. The average Bonchev–Trinajstić information content (AvgIpc) is 3.16. The minimum Gasteiger partial charge on any atom is -0.481 e. The van der Waals surface area contributed by atoms with E-state index in [0.717, 1.165) is 13.8 Å². The Bertz CT molecular complexity index is 1490. The van der Waals surface area contributed by atoms with Crippen molar-refractivity contribution in [2.24, 2.45) is 34.0 Å². The SMILES string of the molecule is CC[C@H](C)[C@H](N)C(=O)N[C@@H](CCC(=O)O)C(=O)NCC(=O)N[C@H](C(=O)NCC(=O)N[C@H](C(=O)N[C@H](C(=O)N[C@@H](CCCN=C(N)N)C(=O)O)[C@@H](C)O)[C@@H](C)O)[C@@H](C)CC. The first-order valence-electron chi connectivity index (χ1n) is 19.1. The molecule has 0 saturated carbocycles. The van der Waals surface area contributed by atoms with Crippen LogP contribution >= 0.6 is 0 Å². The molecule has 0 saturated heterocycles. The van der Waals surface area contributed by atoms with Crippen molar-refractivity contribution in [1.29, 1.82) is 0 Å². The fraction of sp³-hybridized carbons (Fsp3) is 0.714. The molecule has 0 aromatic heterocycles. The molecule has 0 rings (SSSR count). The summed E-state index contributed by atoms with van der Waals surface area (Å²) < 4.78 is 0. The Kier molecular flexibility index (Phi) is 24.6. The number of guanidine groups is 1. The van der Waals surface area contributed by atoms with Gasteiger partial charge in [0.05, 0.1) is 31.3 Å². The molecule has 59 heavy (non-hydrogen) atoms. The van der Waals surface area contributed by atoms with Gasteiger partial charge in [0.2, 0.25) is 41.4 Å². The lowest BCUT2D eigenvalue weighted by atomic mass is 9.98. The quantitative estimate of drug-likeness (QED) is 0.0199. The lowest BCUT2D eigenvalue weighted by molar-refractivity contribution is -0.143. The van der Waals surface area contributed by atoms with Crippen molar-refractivity contribution < 1.29 is 63.6 Å². The maximum absolute atomic E-state index is 13.2. The Morgan fingerprint density at radius 2 is 1.07 bits per heavy atom. The van der Waals surface area contributed by atoms with E-state index in [4.69, 9.17) is 22.3 Å². The summed E-state index contributed by atoms with van der Waals surface area (Å²) in [5, 5.41) is 55.2. The van der Waals surface area contributed by atoms with Gasteiger partial charge in [-0.05, 0) is 44.9 Å². The average molecular weight is 846 g/mol. The molecule has 0 aliphatic heterocycles. The highest BCUT2D eigenvalue weighted by Gasteiger charge is 2.34. The number of carboxylic acid groups (broad SMARTS) is 2. The standard InChI is InChI=1S/C35H63N11O13/c1-7-16(3)25(36)30(54)42-20(11-12-24(51)52)29(53)40-14-22(49)44-26(17(4)8-2)31(55)41-15-23(50)45-27(18(5)47)33(57)46-28(19(6)48)32(56)43-21(34(58)59)10-9-13-39-35(37)38/h16-21,25-28,47-48H,7-15,36H2,1-6H3,(H,40,53)(H,41,55)(H,42,54)(H,43,56)(H,44,49)(H,45,50)(H,46,57)(H,51,52)(H,58,59)(H4,37,38,39)/t16-,17-,18+,19+,20-,21-,25-,26-,27-,28-/m0/s1. The number of nitrogens with one attached hydrogen (secondary N) is 7. The lowest BCUT2D eigenvalue weighted by Crippen LogP contribution is -2.61. The number of hydrogen-bond acceptors (Lipinski definition) is 13. The number of aliphatic hydroxyl groups is 2. The zero-order valence-corrected chi connectivity index (χ0v) is 34.3. The molecule has 7 amide bonds. The number of nitrogens with zero attached hydrogens (tertiary/aromatic N) is 1. The predicted molar refractivity (Wildman–Crippen MR) is 210 cm³/mol. The van der Waals surface area contributed by atoms with E-state index in [-0.39, 0.29) is 37.7 Å². The number of aliphatic carboxylic acids is 2. The molecule has 0 unspecified atom stereocenters. The number of hydrogen-bond donors (Lipinski definition) is 14. The zero-order valence-electron chi connectivity index (χ0n) is 34.3.